The van der Waals surface area contributed by atoms with E-state index in [2.05, 4.69) is 15.3 Å². The molecule has 0 fully saturated rings. The lowest BCUT2D eigenvalue weighted by Crippen LogP contribution is -2.44. The molecule has 0 atom stereocenters. The SMILES string of the molecule is CC1=NN(c2ccc3[nH]ncc3c2)C(=O)C(=O)C1=O. The largest absolute Gasteiger partial charge is 0.323 e. The van der Waals surface area contributed by atoms with E-state index in [0.29, 0.717) is 5.69 Å². The predicted molar refractivity (Wildman–Crippen MR) is 66.7 cm³/mol. The number of rotatable bonds is 1. The van der Waals surface area contributed by atoms with Crippen molar-refractivity contribution in [1.29, 1.82) is 0 Å². The highest BCUT2D eigenvalue weighted by Gasteiger charge is 2.35. The Kier molecular flexibility index (Phi) is 2.28. The number of amides is 1. The number of nitrogens with one attached hydrogen (secondary N) is 1. The number of hydrogen-bond acceptors (Lipinski definition) is 5. The van der Waals surface area contributed by atoms with Crippen LogP contribution in [0.4, 0.5) is 5.69 Å². The molecule has 0 radical (unpaired) electrons. The van der Waals surface area contributed by atoms with Crippen LogP contribution in [0.15, 0.2) is 29.5 Å². The van der Waals surface area contributed by atoms with Crippen LogP contribution < -0.4 is 5.01 Å². The number of nitrogens with zero attached hydrogens (tertiary/aromatic N) is 3. The molecular weight excluding hydrogens is 248 g/mol. The summed E-state index contributed by atoms with van der Waals surface area (Å²) in [6, 6.07) is 5.01. The molecule has 1 N–H and O–H groups in total. The number of fused-ring (bicyclic) bond motifs is 1. The molecule has 0 spiro atoms. The van der Waals surface area contributed by atoms with Crippen LogP contribution in [0.25, 0.3) is 10.9 Å². The summed E-state index contributed by atoms with van der Waals surface area (Å²) in [6.07, 6.45) is 1.59. The molecule has 94 valence electrons. The van der Waals surface area contributed by atoms with Gasteiger partial charge in [0.25, 0.3) is 11.6 Å². The molecule has 2 aromatic rings. The van der Waals surface area contributed by atoms with Crippen molar-refractivity contribution in [2.24, 2.45) is 5.10 Å². The highest BCUT2D eigenvalue weighted by Crippen LogP contribution is 2.22. The van der Waals surface area contributed by atoms with E-state index in [1.165, 1.54) is 6.92 Å². The second-order valence-electron chi connectivity index (χ2n) is 4.10. The van der Waals surface area contributed by atoms with Crippen molar-refractivity contribution < 1.29 is 14.4 Å². The number of H-pyrrole nitrogens is 1. The van der Waals surface area contributed by atoms with Gasteiger partial charge in [0.2, 0.25) is 0 Å². The lowest BCUT2D eigenvalue weighted by molar-refractivity contribution is -0.142. The number of carbonyl (C=O) groups is 3. The van der Waals surface area contributed by atoms with Crippen LogP contribution in [0.1, 0.15) is 6.92 Å². The quantitative estimate of drug-likeness (QED) is 0.748. The number of Topliss-reactive ketones (excluding diaryl/α,β-unsaturated/α-hetero) is 2. The Morgan fingerprint density at radius 2 is 1.95 bits per heavy atom. The summed E-state index contributed by atoms with van der Waals surface area (Å²) in [4.78, 5) is 34.6. The van der Waals surface area contributed by atoms with Gasteiger partial charge in [-0.3, -0.25) is 19.5 Å². The fraction of sp³-hybridized carbons (Fsp3) is 0.0833. The van der Waals surface area contributed by atoms with Crippen molar-refractivity contribution >= 4 is 39.8 Å². The minimum Gasteiger partial charge on any atom is -0.283 e. The number of hydrazone groups is 1. The Bertz CT molecular complexity index is 759. The van der Waals surface area contributed by atoms with Crippen LogP contribution in [-0.2, 0) is 14.4 Å². The third-order valence-electron chi connectivity index (χ3n) is 2.84. The van der Waals surface area contributed by atoms with E-state index in [4.69, 9.17) is 0 Å². The summed E-state index contributed by atoms with van der Waals surface area (Å²) < 4.78 is 0. The Morgan fingerprint density at radius 1 is 1.16 bits per heavy atom. The average molecular weight is 256 g/mol. The summed E-state index contributed by atoms with van der Waals surface area (Å²) >= 11 is 0. The summed E-state index contributed by atoms with van der Waals surface area (Å²) in [5.74, 6) is -2.87. The molecule has 1 aromatic carbocycles. The van der Waals surface area contributed by atoms with E-state index < -0.39 is 17.5 Å². The van der Waals surface area contributed by atoms with Crippen molar-refractivity contribution in [2.75, 3.05) is 5.01 Å². The number of aromatic nitrogens is 2. The van der Waals surface area contributed by atoms with Crippen molar-refractivity contribution in [3.05, 3.63) is 24.4 Å². The monoisotopic (exact) mass is 256 g/mol. The topological polar surface area (TPSA) is 95.5 Å². The molecule has 0 saturated carbocycles. The second-order valence-corrected chi connectivity index (χ2v) is 4.10. The highest BCUT2D eigenvalue weighted by atomic mass is 16.2. The molecule has 1 aliphatic rings. The van der Waals surface area contributed by atoms with Gasteiger partial charge in [-0.05, 0) is 25.1 Å². The van der Waals surface area contributed by atoms with Gasteiger partial charge in [0, 0.05) is 5.39 Å². The van der Waals surface area contributed by atoms with Gasteiger partial charge in [0.1, 0.15) is 5.71 Å². The van der Waals surface area contributed by atoms with Crippen LogP contribution >= 0.6 is 0 Å². The minimum atomic E-state index is -1.07. The molecule has 1 aromatic heterocycles. The molecule has 1 aliphatic heterocycles. The Morgan fingerprint density at radius 3 is 2.74 bits per heavy atom. The standard InChI is InChI=1S/C12H8N4O3/c1-6-10(17)11(18)12(19)16(15-6)8-2-3-9-7(4-8)5-13-14-9/h2-5H,1H3,(H,13,14). The van der Waals surface area contributed by atoms with Crippen molar-refractivity contribution in [1.82, 2.24) is 10.2 Å². The first-order valence-electron chi connectivity index (χ1n) is 5.49. The summed E-state index contributed by atoms with van der Waals surface area (Å²) in [5.41, 5.74) is 1.22. The van der Waals surface area contributed by atoms with E-state index in [0.717, 1.165) is 15.9 Å². The molecule has 1 amide bonds. The van der Waals surface area contributed by atoms with Gasteiger partial charge in [0.15, 0.2) is 0 Å². The van der Waals surface area contributed by atoms with Crippen molar-refractivity contribution in [3.63, 3.8) is 0 Å². The Balaban J connectivity index is 2.12. The Hall–Kier alpha value is -2.83. The van der Waals surface area contributed by atoms with Crippen LogP contribution in [0.3, 0.4) is 0 Å². The van der Waals surface area contributed by atoms with Gasteiger partial charge >= 0.3 is 5.91 Å². The lowest BCUT2D eigenvalue weighted by Gasteiger charge is -2.20. The average Bonchev–Trinajstić information content (AvgIpc) is 2.87. The van der Waals surface area contributed by atoms with Crippen LogP contribution in [0.2, 0.25) is 0 Å². The predicted octanol–water partition coefficient (Wildman–Crippen LogP) is 0.424. The van der Waals surface area contributed by atoms with Gasteiger partial charge in [-0.1, -0.05) is 0 Å². The highest BCUT2D eigenvalue weighted by molar-refractivity contribution is 6.81. The number of aromatic amines is 1. The summed E-state index contributed by atoms with van der Waals surface area (Å²) in [6.45, 7) is 1.40. The van der Waals surface area contributed by atoms with Crippen LogP contribution in [0, 0.1) is 0 Å². The minimum absolute atomic E-state index is 0.00288. The third-order valence-corrected chi connectivity index (χ3v) is 2.84. The summed E-state index contributed by atoms with van der Waals surface area (Å²) in [5, 5.41) is 12.2. The first kappa shape index (κ1) is 11.3. The molecule has 0 bridgehead atoms. The molecule has 7 heteroatoms. The zero-order chi connectivity index (χ0) is 13.6. The zero-order valence-electron chi connectivity index (χ0n) is 9.88. The fourth-order valence-electron chi connectivity index (χ4n) is 1.84. The van der Waals surface area contributed by atoms with Crippen molar-refractivity contribution in [2.45, 2.75) is 6.92 Å². The van der Waals surface area contributed by atoms with E-state index in [9.17, 15) is 14.4 Å². The molecule has 0 aliphatic carbocycles. The van der Waals surface area contributed by atoms with E-state index in [1.807, 2.05) is 0 Å². The van der Waals surface area contributed by atoms with Gasteiger partial charge < -0.3 is 0 Å². The molecule has 3 rings (SSSR count). The molecule has 7 nitrogen and oxygen atoms in total. The molecular formula is C12H8N4O3. The van der Waals surface area contributed by atoms with Gasteiger partial charge in [-0.15, -0.1) is 0 Å². The smallest absolute Gasteiger partial charge is 0.283 e. The molecule has 2 heterocycles. The van der Waals surface area contributed by atoms with Gasteiger partial charge in [-0.25, -0.2) is 0 Å². The summed E-state index contributed by atoms with van der Waals surface area (Å²) in [7, 11) is 0. The number of anilines is 1. The van der Waals surface area contributed by atoms with Crippen molar-refractivity contribution in [3.8, 4) is 0 Å². The second kappa shape index (κ2) is 3.84. The molecule has 19 heavy (non-hydrogen) atoms. The maximum absolute atomic E-state index is 11.8. The normalized spacial score (nSPS) is 16.2. The van der Waals surface area contributed by atoms with Crippen LogP contribution in [0.5, 0.6) is 0 Å². The number of carbonyl (C=O) groups excluding carboxylic acids is 3. The van der Waals surface area contributed by atoms with E-state index in [1.54, 1.807) is 24.4 Å². The van der Waals surface area contributed by atoms with Gasteiger partial charge in [-0.2, -0.15) is 15.2 Å². The lowest BCUT2D eigenvalue weighted by atomic mass is 10.1. The van der Waals surface area contributed by atoms with E-state index in [-0.39, 0.29) is 5.71 Å². The maximum atomic E-state index is 11.8. The zero-order valence-corrected chi connectivity index (χ0v) is 9.88. The third kappa shape index (κ3) is 1.63. The van der Waals surface area contributed by atoms with Gasteiger partial charge in [0.05, 0.1) is 17.4 Å². The number of ketones is 2. The van der Waals surface area contributed by atoms with Crippen LogP contribution in [-0.4, -0.2) is 33.4 Å². The Labute approximate surface area is 106 Å². The first-order chi connectivity index (χ1) is 9.08. The molecule has 0 saturated heterocycles. The number of hydrogen-bond donors (Lipinski definition) is 1. The fourth-order valence-corrected chi connectivity index (χ4v) is 1.84. The maximum Gasteiger partial charge on any atom is 0.323 e. The molecule has 0 unspecified atom stereocenters. The first-order valence-corrected chi connectivity index (χ1v) is 5.49. The van der Waals surface area contributed by atoms with E-state index >= 15 is 0 Å². The number of benzene rings is 1.